The molecule has 0 aliphatic rings. The maximum absolute atomic E-state index is 12.2. The number of benzene rings is 1. The van der Waals surface area contributed by atoms with E-state index in [1.165, 1.54) is 0 Å². The van der Waals surface area contributed by atoms with E-state index in [1.54, 1.807) is 13.8 Å². The van der Waals surface area contributed by atoms with Crippen LogP contribution in [0, 0.1) is 25.7 Å². The first-order chi connectivity index (χ1) is 9.21. The van der Waals surface area contributed by atoms with E-state index in [2.05, 4.69) is 0 Å². The summed E-state index contributed by atoms with van der Waals surface area (Å²) in [5.74, 6) is -0.930. The van der Waals surface area contributed by atoms with Crippen LogP contribution in [0.1, 0.15) is 44.4 Å². The van der Waals surface area contributed by atoms with Crippen molar-refractivity contribution in [2.45, 2.75) is 47.1 Å². The molecule has 3 heteroatoms. The number of hydrogen-bond donors (Lipinski definition) is 1. The predicted molar refractivity (Wildman–Crippen MR) is 80.4 cm³/mol. The van der Waals surface area contributed by atoms with Gasteiger partial charge in [0.1, 0.15) is 5.60 Å². The van der Waals surface area contributed by atoms with Crippen LogP contribution in [-0.4, -0.2) is 17.7 Å². The van der Waals surface area contributed by atoms with Gasteiger partial charge in [-0.15, -0.1) is 0 Å². The molecular weight excluding hydrogens is 252 g/mol. The van der Waals surface area contributed by atoms with Crippen LogP contribution >= 0.6 is 0 Å². The second-order valence-corrected chi connectivity index (χ2v) is 5.94. The lowest BCUT2D eigenvalue weighted by molar-refractivity contribution is -0.161. The van der Waals surface area contributed by atoms with Crippen molar-refractivity contribution < 1.29 is 14.6 Å². The van der Waals surface area contributed by atoms with E-state index in [-0.39, 0.29) is 11.9 Å². The van der Waals surface area contributed by atoms with Crippen LogP contribution in [-0.2, 0) is 15.1 Å². The Hall–Kier alpha value is -1.35. The average molecular weight is 278 g/mol. The number of carbonyl (C=O) groups is 1. The summed E-state index contributed by atoms with van der Waals surface area (Å²) in [5.41, 5.74) is 1.60. The Morgan fingerprint density at radius 1 is 1.35 bits per heavy atom. The van der Waals surface area contributed by atoms with Crippen LogP contribution < -0.4 is 0 Å². The molecule has 0 bridgehead atoms. The van der Waals surface area contributed by atoms with E-state index in [1.807, 2.05) is 45.9 Å². The molecule has 0 heterocycles. The molecule has 0 aliphatic carbocycles. The predicted octanol–water partition coefficient (Wildman–Crippen LogP) is 3.35. The summed E-state index contributed by atoms with van der Waals surface area (Å²) in [4.78, 5) is 12.2. The van der Waals surface area contributed by atoms with Gasteiger partial charge in [-0.2, -0.15) is 0 Å². The summed E-state index contributed by atoms with van der Waals surface area (Å²) in [7, 11) is 0. The standard InChI is InChI=1S/C17H26O3/c1-7-20-16(18)15(11(2)3)17(6,19)14-10-12(4)8-9-13(14)5/h8-11,15,19H,7H2,1-6H3. The molecule has 0 amide bonds. The fraction of sp³-hybridized carbons (Fsp3) is 0.588. The number of ether oxygens (including phenoxy) is 1. The Balaban J connectivity index is 3.28. The van der Waals surface area contributed by atoms with Gasteiger partial charge in [0.25, 0.3) is 0 Å². The van der Waals surface area contributed by atoms with Crippen molar-refractivity contribution in [1.82, 2.24) is 0 Å². The minimum absolute atomic E-state index is 0.0102. The van der Waals surface area contributed by atoms with Crippen molar-refractivity contribution in [3.05, 3.63) is 34.9 Å². The zero-order valence-corrected chi connectivity index (χ0v) is 13.4. The van der Waals surface area contributed by atoms with Crippen LogP contribution in [0.5, 0.6) is 0 Å². The normalized spacial score (nSPS) is 15.8. The zero-order chi connectivity index (χ0) is 15.5. The van der Waals surface area contributed by atoms with Crippen LogP contribution in [0.4, 0.5) is 0 Å². The summed E-state index contributed by atoms with van der Waals surface area (Å²) >= 11 is 0. The fourth-order valence-electron chi connectivity index (χ4n) is 2.83. The highest BCUT2D eigenvalue weighted by Gasteiger charge is 2.42. The number of rotatable bonds is 5. The molecule has 3 nitrogen and oxygen atoms in total. The fourth-order valence-corrected chi connectivity index (χ4v) is 2.83. The lowest BCUT2D eigenvalue weighted by Gasteiger charge is -2.35. The van der Waals surface area contributed by atoms with Gasteiger partial charge in [-0.3, -0.25) is 4.79 Å². The van der Waals surface area contributed by atoms with Gasteiger partial charge in [-0.25, -0.2) is 0 Å². The molecule has 2 atom stereocenters. The molecule has 1 aromatic carbocycles. The summed E-state index contributed by atoms with van der Waals surface area (Å²) in [6, 6.07) is 5.93. The maximum Gasteiger partial charge on any atom is 0.312 e. The molecule has 0 aliphatic heterocycles. The SMILES string of the molecule is CCOC(=O)C(C(C)C)C(C)(O)c1cc(C)ccc1C. The van der Waals surface area contributed by atoms with Gasteiger partial charge in [0.05, 0.1) is 12.5 Å². The topological polar surface area (TPSA) is 46.5 Å². The van der Waals surface area contributed by atoms with E-state index in [0.29, 0.717) is 6.61 Å². The first kappa shape index (κ1) is 16.7. The van der Waals surface area contributed by atoms with E-state index in [0.717, 1.165) is 16.7 Å². The molecule has 1 rings (SSSR count). The van der Waals surface area contributed by atoms with Gasteiger partial charge in [-0.05, 0) is 44.7 Å². The Kier molecular flexibility index (Phi) is 5.35. The highest BCUT2D eigenvalue weighted by Crippen LogP contribution is 2.37. The van der Waals surface area contributed by atoms with Crippen molar-refractivity contribution in [3.8, 4) is 0 Å². The summed E-state index contributed by atoms with van der Waals surface area (Å²) in [5, 5.41) is 11.0. The lowest BCUT2D eigenvalue weighted by Crippen LogP contribution is -2.42. The minimum Gasteiger partial charge on any atom is -0.466 e. The Morgan fingerprint density at radius 2 is 1.95 bits per heavy atom. The van der Waals surface area contributed by atoms with E-state index in [4.69, 9.17) is 4.74 Å². The van der Waals surface area contributed by atoms with Gasteiger partial charge >= 0.3 is 5.97 Å². The van der Waals surface area contributed by atoms with Gasteiger partial charge in [-0.1, -0.05) is 37.6 Å². The highest BCUT2D eigenvalue weighted by molar-refractivity contribution is 5.74. The number of carbonyl (C=O) groups excluding carboxylic acids is 1. The van der Waals surface area contributed by atoms with E-state index >= 15 is 0 Å². The Morgan fingerprint density at radius 3 is 2.45 bits per heavy atom. The Bertz CT molecular complexity index is 475. The van der Waals surface area contributed by atoms with Crippen molar-refractivity contribution in [1.29, 1.82) is 0 Å². The molecule has 2 unspecified atom stereocenters. The number of aryl methyl sites for hydroxylation is 2. The smallest absolute Gasteiger partial charge is 0.312 e. The third kappa shape index (κ3) is 3.40. The maximum atomic E-state index is 12.2. The third-order valence-corrected chi connectivity index (χ3v) is 3.75. The molecule has 0 saturated carbocycles. The molecular formula is C17H26O3. The van der Waals surface area contributed by atoms with Crippen LogP contribution in [0.15, 0.2) is 18.2 Å². The summed E-state index contributed by atoms with van der Waals surface area (Å²) in [6.07, 6.45) is 0. The van der Waals surface area contributed by atoms with E-state index < -0.39 is 11.5 Å². The second kappa shape index (κ2) is 6.40. The molecule has 20 heavy (non-hydrogen) atoms. The molecule has 0 fully saturated rings. The van der Waals surface area contributed by atoms with Crippen LogP contribution in [0.3, 0.4) is 0 Å². The average Bonchev–Trinajstić information content (AvgIpc) is 2.31. The van der Waals surface area contributed by atoms with Crippen molar-refractivity contribution in [3.63, 3.8) is 0 Å². The molecule has 112 valence electrons. The van der Waals surface area contributed by atoms with Crippen molar-refractivity contribution in [2.24, 2.45) is 11.8 Å². The first-order valence-electron chi connectivity index (χ1n) is 7.18. The highest BCUT2D eigenvalue weighted by atomic mass is 16.5. The minimum atomic E-state index is -1.24. The molecule has 0 spiro atoms. The molecule has 1 aromatic rings. The Labute approximate surface area is 122 Å². The van der Waals surface area contributed by atoms with Gasteiger partial charge < -0.3 is 9.84 Å². The number of esters is 1. The number of hydrogen-bond acceptors (Lipinski definition) is 3. The lowest BCUT2D eigenvalue weighted by atomic mass is 9.75. The summed E-state index contributed by atoms with van der Waals surface area (Å²) < 4.78 is 5.14. The van der Waals surface area contributed by atoms with Crippen LogP contribution in [0.25, 0.3) is 0 Å². The van der Waals surface area contributed by atoms with Gasteiger partial charge in [0.2, 0.25) is 0 Å². The van der Waals surface area contributed by atoms with E-state index in [9.17, 15) is 9.90 Å². The second-order valence-electron chi connectivity index (χ2n) is 5.94. The third-order valence-electron chi connectivity index (χ3n) is 3.75. The zero-order valence-electron chi connectivity index (χ0n) is 13.4. The van der Waals surface area contributed by atoms with Crippen molar-refractivity contribution >= 4 is 5.97 Å². The van der Waals surface area contributed by atoms with Gasteiger partial charge in [0, 0.05) is 0 Å². The largest absolute Gasteiger partial charge is 0.466 e. The molecule has 1 N–H and O–H groups in total. The first-order valence-corrected chi connectivity index (χ1v) is 7.18. The molecule has 0 saturated heterocycles. The van der Waals surface area contributed by atoms with Gasteiger partial charge in [0.15, 0.2) is 0 Å². The van der Waals surface area contributed by atoms with Crippen molar-refractivity contribution in [2.75, 3.05) is 6.61 Å². The molecule has 0 radical (unpaired) electrons. The molecule has 0 aromatic heterocycles. The summed E-state index contributed by atoms with van der Waals surface area (Å²) in [6.45, 7) is 11.6. The quantitative estimate of drug-likeness (QED) is 0.840. The van der Waals surface area contributed by atoms with Crippen LogP contribution in [0.2, 0.25) is 0 Å². The monoisotopic (exact) mass is 278 g/mol. The number of aliphatic hydroxyl groups is 1.